The van der Waals surface area contributed by atoms with Gasteiger partial charge in [0.2, 0.25) is 0 Å². The summed E-state index contributed by atoms with van der Waals surface area (Å²) in [6.45, 7) is 1.01. The molecule has 1 aromatic rings. The van der Waals surface area contributed by atoms with Crippen molar-refractivity contribution in [3.63, 3.8) is 0 Å². The average molecular weight is 331 g/mol. The van der Waals surface area contributed by atoms with Crippen LogP contribution in [0.4, 0.5) is 5.69 Å². The minimum absolute atomic E-state index is 0.0315. The summed E-state index contributed by atoms with van der Waals surface area (Å²) in [5.41, 5.74) is 0.00193. The van der Waals surface area contributed by atoms with Crippen molar-refractivity contribution in [2.24, 2.45) is 0 Å². The lowest BCUT2D eigenvalue weighted by Crippen LogP contribution is -2.32. The summed E-state index contributed by atoms with van der Waals surface area (Å²) >= 11 is 0. The summed E-state index contributed by atoms with van der Waals surface area (Å²) in [5, 5.41) is 22.8. The minimum Gasteiger partial charge on any atom is -0.490 e. The van der Waals surface area contributed by atoms with Crippen LogP contribution in [-0.4, -0.2) is 37.2 Å². The van der Waals surface area contributed by atoms with Gasteiger partial charge in [0.1, 0.15) is 11.6 Å². The molecule has 24 heavy (non-hydrogen) atoms. The Morgan fingerprint density at radius 3 is 3.00 bits per heavy atom. The quantitative estimate of drug-likeness (QED) is 0.368. The molecule has 0 aromatic heterocycles. The largest absolute Gasteiger partial charge is 0.490 e. The molecule has 1 aliphatic heterocycles. The van der Waals surface area contributed by atoms with Crippen LogP contribution in [0.1, 0.15) is 18.4 Å². The van der Waals surface area contributed by atoms with Crippen LogP contribution in [0.3, 0.4) is 0 Å². The number of hydrogen-bond acceptors (Lipinski definition) is 6. The number of hydrogen-bond donors (Lipinski definition) is 1. The van der Waals surface area contributed by atoms with E-state index in [1.807, 2.05) is 6.07 Å². The molecule has 2 rings (SSSR count). The highest BCUT2D eigenvalue weighted by molar-refractivity contribution is 6.01. The highest BCUT2D eigenvalue weighted by Gasteiger charge is 2.18. The zero-order chi connectivity index (χ0) is 17.5. The fourth-order valence-electron chi connectivity index (χ4n) is 2.36. The third-order valence-electron chi connectivity index (χ3n) is 3.59. The van der Waals surface area contributed by atoms with Crippen molar-refractivity contribution in [1.29, 1.82) is 5.26 Å². The molecule has 1 heterocycles. The molecule has 1 atom stereocenters. The predicted octanol–water partition coefficient (Wildman–Crippen LogP) is 1.81. The van der Waals surface area contributed by atoms with Crippen molar-refractivity contribution in [2.75, 3.05) is 20.3 Å². The van der Waals surface area contributed by atoms with Crippen LogP contribution < -0.4 is 10.1 Å². The van der Waals surface area contributed by atoms with E-state index in [9.17, 15) is 14.9 Å². The standard InChI is InChI=1S/C16H17N3O5/c1-23-15-5-4-11(8-14(15)19(21)22)7-12(9-17)16(20)18-10-13-3-2-6-24-13/h4-5,7-8,13H,2-3,6,10H2,1H3,(H,18,20)/b12-7+. The second-order valence-corrected chi connectivity index (χ2v) is 5.20. The van der Waals surface area contributed by atoms with Gasteiger partial charge < -0.3 is 14.8 Å². The second kappa shape index (κ2) is 8.08. The van der Waals surface area contributed by atoms with Crippen LogP contribution in [-0.2, 0) is 9.53 Å². The summed E-state index contributed by atoms with van der Waals surface area (Å²) in [6.07, 6.45) is 3.10. The number of nitrogens with one attached hydrogen (secondary N) is 1. The highest BCUT2D eigenvalue weighted by Crippen LogP contribution is 2.28. The zero-order valence-electron chi connectivity index (χ0n) is 13.2. The van der Waals surface area contributed by atoms with Gasteiger partial charge >= 0.3 is 5.69 Å². The summed E-state index contributed by atoms with van der Waals surface area (Å²) < 4.78 is 10.3. The van der Waals surface area contributed by atoms with Gasteiger partial charge in [-0.25, -0.2) is 0 Å². The summed E-state index contributed by atoms with van der Waals surface area (Å²) in [5.74, 6) is -0.426. The molecular weight excluding hydrogens is 314 g/mol. The number of rotatable bonds is 6. The summed E-state index contributed by atoms with van der Waals surface area (Å²) in [4.78, 5) is 22.5. The van der Waals surface area contributed by atoms with Crippen molar-refractivity contribution in [3.8, 4) is 11.8 Å². The van der Waals surface area contributed by atoms with Crippen molar-refractivity contribution in [2.45, 2.75) is 18.9 Å². The topological polar surface area (TPSA) is 114 Å². The molecule has 1 unspecified atom stereocenters. The molecule has 1 fully saturated rings. The maximum Gasteiger partial charge on any atom is 0.311 e. The van der Waals surface area contributed by atoms with Gasteiger partial charge in [0.05, 0.1) is 18.1 Å². The lowest BCUT2D eigenvalue weighted by Gasteiger charge is -2.10. The Balaban J connectivity index is 2.14. The first kappa shape index (κ1) is 17.4. The van der Waals surface area contributed by atoms with E-state index < -0.39 is 10.8 Å². The van der Waals surface area contributed by atoms with Gasteiger partial charge in [-0.1, -0.05) is 6.07 Å². The van der Waals surface area contributed by atoms with Crippen LogP contribution >= 0.6 is 0 Å². The number of nitro groups is 1. The number of carbonyl (C=O) groups is 1. The molecule has 1 aromatic carbocycles. The van der Waals surface area contributed by atoms with Gasteiger partial charge in [0.25, 0.3) is 5.91 Å². The number of carbonyl (C=O) groups excluding carboxylic acids is 1. The van der Waals surface area contributed by atoms with Gasteiger partial charge in [-0.05, 0) is 30.5 Å². The Morgan fingerprint density at radius 2 is 2.42 bits per heavy atom. The number of ether oxygens (including phenoxy) is 2. The minimum atomic E-state index is -0.584. The third kappa shape index (κ3) is 4.30. The Morgan fingerprint density at radius 1 is 1.62 bits per heavy atom. The number of nitriles is 1. The van der Waals surface area contributed by atoms with Crippen LogP contribution in [0, 0.1) is 21.4 Å². The number of nitro benzene ring substituents is 1. The van der Waals surface area contributed by atoms with E-state index in [1.165, 1.54) is 31.4 Å². The van der Waals surface area contributed by atoms with E-state index >= 15 is 0 Å². The van der Waals surface area contributed by atoms with Crippen LogP contribution in [0.15, 0.2) is 23.8 Å². The van der Waals surface area contributed by atoms with Crippen LogP contribution in [0.25, 0.3) is 6.08 Å². The Bertz CT molecular complexity index is 702. The van der Waals surface area contributed by atoms with Crippen LogP contribution in [0.5, 0.6) is 5.75 Å². The van der Waals surface area contributed by atoms with Crippen LogP contribution in [0.2, 0.25) is 0 Å². The average Bonchev–Trinajstić information content (AvgIpc) is 3.10. The molecular formula is C16H17N3O5. The van der Waals surface area contributed by atoms with Gasteiger partial charge in [0, 0.05) is 19.2 Å². The first-order chi connectivity index (χ1) is 11.5. The lowest BCUT2D eigenvalue weighted by atomic mass is 10.1. The van der Waals surface area contributed by atoms with E-state index in [0.29, 0.717) is 18.7 Å². The first-order valence-corrected chi connectivity index (χ1v) is 7.39. The Hall–Kier alpha value is -2.92. The monoisotopic (exact) mass is 331 g/mol. The lowest BCUT2D eigenvalue weighted by molar-refractivity contribution is -0.385. The molecule has 1 N–H and O–H groups in total. The molecule has 0 spiro atoms. The molecule has 126 valence electrons. The smallest absolute Gasteiger partial charge is 0.311 e. The molecule has 1 amide bonds. The fraction of sp³-hybridized carbons (Fsp3) is 0.375. The SMILES string of the molecule is COc1ccc(/C=C(\C#N)C(=O)NCC2CCCO2)cc1[N+](=O)[O-]. The molecule has 1 aliphatic rings. The molecule has 1 saturated heterocycles. The molecule has 8 heteroatoms. The Labute approximate surface area is 138 Å². The molecule has 0 bridgehead atoms. The molecule has 0 radical (unpaired) electrons. The molecule has 0 saturated carbocycles. The van der Waals surface area contributed by atoms with E-state index in [0.717, 1.165) is 12.8 Å². The summed E-state index contributed by atoms with van der Waals surface area (Å²) in [7, 11) is 1.33. The maximum atomic E-state index is 12.1. The van der Waals surface area contributed by atoms with Crippen molar-refractivity contribution < 1.29 is 19.2 Å². The number of amides is 1. The zero-order valence-corrected chi connectivity index (χ0v) is 13.2. The van der Waals surface area contributed by atoms with Gasteiger partial charge in [0.15, 0.2) is 5.75 Å². The van der Waals surface area contributed by atoms with Crippen molar-refractivity contribution in [3.05, 3.63) is 39.4 Å². The number of nitrogens with zero attached hydrogens (tertiary/aromatic N) is 2. The number of benzene rings is 1. The van der Waals surface area contributed by atoms with Crippen molar-refractivity contribution in [1.82, 2.24) is 5.32 Å². The van der Waals surface area contributed by atoms with E-state index in [4.69, 9.17) is 14.7 Å². The van der Waals surface area contributed by atoms with Gasteiger partial charge in [-0.15, -0.1) is 0 Å². The normalized spacial score (nSPS) is 17.2. The fourth-order valence-corrected chi connectivity index (χ4v) is 2.36. The Kier molecular flexibility index (Phi) is 5.87. The van der Waals surface area contributed by atoms with Gasteiger partial charge in [-0.2, -0.15) is 5.26 Å². The molecule has 8 nitrogen and oxygen atoms in total. The first-order valence-electron chi connectivity index (χ1n) is 7.39. The highest BCUT2D eigenvalue weighted by atomic mass is 16.6. The summed E-state index contributed by atoms with van der Waals surface area (Å²) in [6, 6.07) is 6.02. The van der Waals surface area contributed by atoms with E-state index in [-0.39, 0.29) is 23.1 Å². The third-order valence-corrected chi connectivity index (χ3v) is 3.59. The van der Waals surface area contributed by atoms with Gasteiger partial charge in [-0.3, -0.25) is 14.9 Å². The second-order valence-electron chi connectivity index (χ2n) is 5.20. The predicted molar refractivity (Wildman–Crippen MR) is 85.2 cm³/mol. The van der Waals surface area contributed by atoms with Crippen molar-refractivity contribution >= 4 is 17.7 Å². The van der Waals surface area contributed by atoms with E-state index in [2.05, 4.69) is 5.32 Å². The number of methoxy groups -OCH3 is 1. The van der Waals surface area contributed by atoms with E-state index in [1.54, 1.807) is 0 Å². The maximum absolute atomic E-state index is 12.1. The molecule has 0 aliphatic carbocycles.